The highest BCUT2D eigenvalue weighted by Crippen LogP contribution is 2.29. The van der Waals surface area contributed by atoms with Crippen LogP contribution < -0.4 is 20.2 Å². The normalized spacial score (nSPS) is 11.6. The molecule has 0 bridgehead atoms. The zero-order chi connectivity index (χ0) is 20.0. The summed E-state index contributed by atoms with van der Waals surface area (Å²) in [4.78, 5) is 0.262. The number of methoxy groups -OCH3 is 2. The molecule has 0 saturated carbocycles. The Labute approximate surface area is 164 Å². The van der Waals surface area contributed by atoms with Crippen LogP contribution in [-0.2, 0) is 9.84 Å². The van der Waals surface area contributed by atoms with Gasteiger partial charge in [-0.15, -0.1) is 0 Å². The van der Waals surface area contributed by atoms with Crippen molar-refractivity contribution in [3.8, 4) is 11.5 Å². The van der Waals surface area contributed by atoms with Crippen LogP contribution in [0.15, 0.2) is 52.5 Å². The summed E-state index contributed by atoms with van der Waals surface area (Å²) in [6.07, 6.45) is 1.17. The van der Waals surface area contributed by atoms with Crippen molar-refractivity contribution in [1.29, 1.82) is 0 Å². The van der Waals surface area contributed by atoms with Gasteiger partial charge in [-0.05, 0) is 49.0 Å². The van der Waals surface area contributed by atoms with Crippen LogP contribution in [0.25, 0.3) is 0 Å². The fraction of sp³-hybridized carbons (Fsp3) is 0.222. The van der Waals surface area contributed by atoms with Gasteiger partial charge in [0.2, 0.25) is 0 Å². The van der Waals surface area contributed by atoms with E-state index in [4.69, 9.17) is 21.7 Å². The molecule has 2 aromatic carbocycles. The molecular weight excluding hydrogens is 386 g/mol. The quantitative estimate of drug-likeness (QED) is 0.432. The molecule has 2 aromatic rings. The monoisotopic (exact) mass is 407 g/mol. The molecule has 7 nitrogen and oxygen atoms in total. The predicted octanol–water partition coefficient (Wildman–Crippen LogP) is 2.82. The molecule has 0 aliphatic carbocycles. The van der Waals surface area contributed by atoms with Crippen LogP contribution in [0.3, 0.4) is 0 Å². The van der Waals surface area contributed by atoms with Gasteiger partial charge in [0.1, 0.15) is 0 Å². The molecule has 0 atom stereocenters. The van der Waals surface area contributed by atoms with E-state index in [0.717, 1.165) is 11.3 Å². The zero-order valence-electron chi connectivity index (χ0n) is 15.4. The molecule has 27 heavy (non-hydrogen) atoms. The van der Waals surface area contributed by atoms with Gasteiger partial charge < -0.3 is 14.8 Å². The number of hydrogen-bond acceptors (Lipinski definition) is 6. The lowest BCUT2D eigenvalue weighted by atomic mass is 10.1. The van der Waals surface area contributed by atoms with Gasteiger partial charge in [0.05, 0.1) is 24.8 Å². The van der Waals surface area contributed by atoms with Gasteiger partial charge in [-0.3, -0.25) is 5.43 Å². The van der Waals surface area contributed by atoms with Crippen molar-refractivity contribution in [2.75, 3.05) is 25.8 Å². The summed E-state index contributed by atoms with van der Waals surface area (Å²) in [5.74, 6) is 1.20. The maximum absolute atomic E-state index is 11.5. The van der Waals surface area contributed by atoms with Gasteiger partial charge in [0.15, 0.2) is 26.4 Å². The Morgan fingerprint density at radius 1 is 1.04 bits per heavy atom. The first-order chi connectivity index (χ1) is 12.7. The number of thiocarbonyl (C=S) groups is 1. The molecule has 144 valence electrons. The second-order valence-corrected chi connectivity index (χ2v) is 8.05. The molecule has 0 aliphatic rings. The van der Waals surface area contributed by atoms with E-state index >= 15 is 0 Å². The molecule has 0 fully saturated rings. The lowest BCUT2D eigenvalue weighted by Gasteiger charge is -2.12. The molecule has 9 heteroatoms. The van der Waals surface area contributed by atoms with Crippen molar-refractivity contribution in [3.63, 3.8) is 0 Å². The van der Waals surface area contributed by atoms with E-state index in [9.17, 15) is 8.42 Å². The summed E-state index contributed by atoms with van der Waals surface area (Å²) in [5, 5.41) is 7.52. The van der Waals surface area contributed by atoms with Crippen LogP contribution in [0.1, 0.15) is 12.5 Å². The lowest BCUT2D eigenvalue weighted by Crippen LogP contribution is -2.25. The van der Waals surface area contributed by atoms with E-state index < -0.39 is 9.84 Å². The molecule has 0 radical (unpaired) electrons. The number of nitrogens with zero attached hydrogens (tertiary/aromatic N) is 1. The smallest absolute Gasteiger partial charge is 0.191 e. The van der Waals surface area contributed by atoms with Gasteiger partial charge >= 0.3 is 0 Å². The minimum absolute atomic E-state index is 0.262. The number of anilines is 1. The first-order valence-electron chi connectivity index (χ1n) is 7.88. The molecule has 0 aromatic heterocycles. The summed E-state index contributed by atoms with van der Waals surface area (Å²) < 4.78 is 33.4. The number of rotatable bonds is 6. The minimum atomic E-state index is -3.22. The van der Waals surface area contributed by atoms with Gasteiger partial charge in [0.25, 0.3) is 0 Å². The molecule has 0 amide bonds. The Morgan fingerprint density at radius 3 is 2.22 bits per heavy atom. The number of ether oxygens (including phenoxy) is 2. The van der Waals surface area contributed by atoms with Crippen molar-refractivity contribution in [3.05, 3.63) is 48.0 Å². The number of nitrogens with one attached hydrogen (secondary N) is 2. The number of benzene rings is 2. The van der Waals surface area contributed by atoms with E-state index in [0.29, 0.717) is 22.3 Å². The standard InChI is InChI=1S/C18H21N3O4S2/c1-12(13-5-8-15(9-6-13)27(4,22)23)20-21-18(26)19-14-7-10-16(24-2)17(11-14)25-3/h5-11H,1-4H3,(H2,19,21,26)/b20-12-. The van der Waals surface area contributed by atoms with Gasteiger partial charge in [-0.25, -0.2) is 8.42 Å². The molecular formula is C18H21N3O4S2. The van der Waals surface area contributed by atoms with Gasteiger partial charge in [-0.2, -0.15) is 5.10 Å². The Balaban J connectivity index is 2.03. The third-order valence-electron chi connectivity index (χ3n) is 3.67. The average molecular weight is 408 g/mol. The van der Waals surface area contributed by atoms with Crippen molar-refractivity contribution in [1.82, 2.24) is 5.43 Å². The van der Waals surface area contributed by atoms with E-state index in [-0.39, 0.29) is 4.90 Å². The highest BCUT2D eigenvalue weighted by molar-refractivity contribution is 7.90. The van der Waals surface area contributed by atoms with Gasteiger partial charge in [0, 0.05) is 18.0 Å². The zero-order valence-corrected chi connectivity index (χ0v) is 17.1. The number of sulfone groups is 1. The molecule has 0 unspecified atom stereocenters. The van der Waals surface area contributed by atoms with Crippen LogP contribution in [0, 0.1) is 0 Å². The van der Waals surface area contributed by atoms with Crippen LogP contribution >= 0.6 is 12.2 Å². The molecule has 0 aliphatic heterocycles. The predicted molar refractivity (Wildman–Crippen MR) is 111 cm³/mol. The Hall–Kier alpha value is -2.65. The third-order valence-corrected chi connectivity index (χ3v) is 4.99. The van der Waals surface area contributed by atoms with Crippen molar-refractivity contribution < 1.29 is 17.9 Å². The number of hydrogen-bond donors (Lipinski definition) is 2. The minimum Gasteiger partial charge on any atom is -0.493 e. The second kappa shape index (κ2) is 8.83. The summed E-state index contributed by atoms with van der Waals surface area (Å²) in [7, 11) is -0.0989. The first kappa shape index (κ1) is 20.7. The van der Waals surface area contributed by atoms with Crippen LogP contribution in [0.2, 0.25) is 0 Å². The third kappa shape index (κ3) is 5.66. The maximum atomic E-state index is 11.5. The van der Waals surface area contributed by atoms with Crippen molar-refractivity contribution in [2.24, 2.45) is 5.10 Å². The maximum Gasteiger partial charge on any atom is 0.191 e. The first-order valence-corrected chi connectivity index (χ1v) is 10.2. The van der Waals surface area contributed by atoms with Crippen LogP contribution in [0.5, 0.6) is 11.5 Å². The Morgan fingerprint density at radius 2 is 1.67 bits per heavy atom. The molecule has 0 spiro atoms. The highest BCUT2D eigenvalue weighted by Gasteiger charge is 2.08. The van der Waals surface area contributed by atoms with E-state index in [1.807, 2.05) is 0 Å². The largest absolute Gasteiger partial charge is 0.493 e. The second-order valence-electron chi connectivity index (χ2n) is 5.63. The highest BCUT2D eigenvalue weighted by atomic mass is 32.2. The SMILES string of the molecule is COc1ccc(NC(=S)N/N=C(/C)c2ccc(S(C)(=O)=O)cc2)cc1OC. The van der Waals surface area contributed by atoms with Crippen LogP contribution in [0.4, 0.5) is 5.69 Å². The molecule has 2 rings (SSSR count). The van der Waals surface area contributed by atoms with Crippen molar-refractivity contribution in [2.45, 2.75) is 11.8 Å². The average Bonchev–Trinajstić information content (AvgIpc) is 2.65. The number of hydrazone groups is 1. The summed E-state index contributed by atoms with van der Waals surface area (Å²) in [6.45, 7) is 1.79. The van der Waals surface area contributed by atoms with Crippen molar-refractivity contribution >= 4 is 38.6 Å². The lowest BCUT2D eigenvalue weighted by molar-refractivity contribution is 0.355. The summed E-state index contributed by atoms with van der Waals surface area (Å²) in [5.41, 5.74) is 4.92. The van der Waals surface area contributed by atoms with E-state index in [1.165, 1.54) is 6.26 Å². The molecule has 0 saturated heterocycles. The van der Waals surface area contributed by atoms with E-state index in [2.05, 4.69) is 15.8 Å². The summed E-state index contributed by atoms with van der Waals surface area (Å²) in [6, 6.07) is 11.8. The fourth-order valence-corrected chi connectivity index (χ4v) is 3.01. The van der Waals surface area contributed by atoms with E-state index in [1.54, 1.807) is 63.6 Å². The summed E-state index contributed by atoms with van der Waals surface area (Å²) >= 11 is 5.23. The van der Waals surface area contributed by atoms with Gasteiger partial charge in [-0.1, -0.05) is 12.1 Å². The molecule has 0 heterocycles. The fourth-order valence-electron chi connectivity index (χ4n) is 2.22. The molecule has 2 N–H and O–H groups in total. The Kier molecular flexibility index (Phi) is 6.75. The van der Waals surface area contributed by atoms with Crippen LogP contribution in [-0.4, -0.2) is 39.7 Å². The Bertz CT molecular complexity index is 955. The topological polar surface area (TPSA) is 89.0 Å².